The van der Waals surface area contributed by atoms with Gasteiger partial charge in [-0.3, -0.25) is 0 Å². The molecule has 2 aliphatic carbocycles. The Labute approximate surface area is 471 Å². The van der Waals surface area contributed by atoms with Crippen molar-refractivity contribution in [2.24, 2.45) is 0 Å². The van der Waals surface area contributed by atoms with Crippen molar-refractivity contribution >= 4 is 34.1 Å². The maximum absolute atomic E-state index is 2.47. The van der Waals surface area contributed by atoms with E-state index in [9.17, 15) is 0 Å². The zero-order valence-corrected chi connectivity index (χ0v) is 47.5. The Balaban J connectivity index is 0.888. The fraction of sp³-hybridized carbons (Fsp3) is 0.368. The summed E-state index contributed by atoms with van der Waals surface area (Å²) < 4.78 is 0. The first-order valence-corrected chi connectivity index (χ1v) is 30.9. The van der Waals surface area contributed by atoms with Crippen LogP contribution in [0.15, 0.2) is 200 Å². The fourth-order valence-electron chi connectivity index (χ4n) is 13.1. The summed E-state index contributed by atoms with van der Waals surface area (Å²) in [5, 5.41) is 0. The summed E-state index contributed by atoms with van der Waals surface area (Å²) in [5.74, 6) is 0.680. The first-order valence-electron chi connectivity index (χ1n) is 30.9. The molecular formula is C76H88N2. The Hall–Kier alpha value is -6.64. The molecule has 2 heteroatoms. The third-order valence-corrected chi connectivity index (χ3v) is 17.8. The highest BCUT2D eigenvalue weighted by atomic mass is 15.1. The summed E-state index contributed by atoms with van der Waals surface area (Å²) in [4.78, 5) is 4.89. The standard InChI is InChI=1S/C76H88N2/c1-3-5-7-9-11-16-24-60-30-34-63(35-31-60)66-40-50-71(51-41-66)77(70-28-20-14-21-29-70)74-54-44-68(45-55-74)76(58-22-15-23-59-76)69-46-56-75(57-47-69)78(72-48-38-65(39-49-72)62-26-18-13-19-27-62)73-52-42-67(43-53-73)64-36-32-61(33-37-64)25-17-12-10-8-6-4-2/h14,20-21,28-57,62H,3-13,15-19,22-27,58-59H2,1-2H3. The molecule has 8 aromatic rings. The largest absolute Gasteiger partial charge is 0.311 e. The first kappa shape index (κ1) is 54.7. The summed E-state index contributed by atoms with van der Waals surface area (Å²) in [7, 11) is 0. The Kier molecular flexibility index (Phi) is 19.5. The van der Waals surface area contributed by atoms with Crippen LogP contribution in [0.3, 0.4) is 0 Å². The number of hydrogen-bond donors (Lipinski definition) is 0. The van der Waals surface area contributed by atoms with Crippen molar-refractivity contribution < 1.29 is 0 Å². The molecule has 2 nitrogen and oxygen atoms in total. The van der Waals surface area contributed by atoms with Crippen molar-refractivity contribution in [3.05, 3.63) is 228 Å². The van der Waals surface area contributed by atoms with E-state index in [1.54, 1.807) is 0 Å². The van der Waals surface area contributed by atoms with Gasteiger partial charge >= 0.3 is 0 Å². The minimum atomic E-state index is -0.0446. The van der Waals surface area contributed by atoms with E-state index in [2.05, 4.69) is 224 Å². The first-order chi connectivity index (χ1) is 38.6. The molecule has 0 heterocycles. The SMILES string of the molecule is CCCCCCCCc1ccc(-c2ccc(N(c3ccccc3)c3ccc(C4(c5ccc(N(c6ccc(-c7ccc(CCCCCCCC)cc7)cc6)c6ccc(C7CCCCC7)cc6)cc5)CCCCC4)cc3)cc2)cc1. The summed E-state index contributed by atoms with van der Waals surface area (Å²) in [5.41, 5.74) is 19.4. The molecule has 0 aromatic heterocycles. The summed E-state index contributed by atoms with van der Waals surface area (Å²) in [6.45, 7) is 4.58. The molecule has 78 heavy (non-hydrogen) atoms. The average Bonchev–Trinajstić information content (AvgIpc) is 3.62. The number of unbranched alkanes of at least 4 members (excludes halogenated alkanes) is 10. The highest BCUT2D eigenvalue weighted by Crippen LogP contribution is 2.48. The Morgan fingerprint density at radius 3 is 1.06 bits per heavy atom. The number of benzene rings is 8. The molecule has 0 unspecified atom stereocenters. The van der Waals surface area contributed by atoms with Crippen molar-refractivity contribution in [2.45, 2.75) is 179 Å². The molecule has 10 rings (SSSR count). The summed E-state index contributed by atoms with van der Waals surface area (Å²) in [6, 6.07) is 76.9. The predicted octanol–water partition coefficient (Wildman–Crippen LogP) is 23.1. The molecule has 0 saturated heterocycles. The molecule has 8 aromatic carbocycles. The third-order valence-electron chi connectivity index (χ3n) is 17.8. The van der Waals surface area contributed by atoms with E-state index in [0.717, 1.165) is 24.2 Å². The molecule has 0 N–H and O–H groups in total. The lowest BCUT2D eigenvalue weighted by atomic mass is 9.65. The van der Waals surface area contributed by atoms with Gasteiger partial charge in [0.1, 0.15) is 0 Å². The number of para-hydroxylation sites is 1. The van der Waals surface area contributed by atoms with E-state index in [0.29, 0.717) is 5.92 Å². The second-order valence-electron chi connectivity index (χ2n) is 23.2. The van der Waals surface area contributed by atoms with Crippen LogP contribution in [0, 0.1) is 0 Å². The normalized spacial score (nSPS) is 14.5. The molecule has 2 saturated carbocycles. The van der Waals surface area contributed by atoms with E-state index >= 15 is 0 Å². The van der Waals surface area contributed by atoms with Crippen molar-refractivity contribution in [2.75, 3.05) is 9.80 Å². The van der Waals surface area contributed by atoms with Crippen LogP contribution in [0.25, 0.3) is 22.3 Å². The van der Waals surface area contributed by atoms with E-state index in [1.165, 1.54) is 214 Å². The lowest BCUT2D eigenvalue weighted by Crippen LogP contribution is -2.30. The number of aryl methyl sites for hydroxylation is 2. The van der Waals surface area contributed by atoms with Gasteiger partial charge < -0.3 is 9.80 Å². The Morgan fingerprint density at radius 2 is 0.654 bits per heavy atom. The van der Waals surface area contributed by atoms with Crippen LogP contribution >= 0.6 is 0 Å². The molecule has 0 spiro atoms. The van der Waals surface area contributed by atoms with Gasteiger partial charge in [0.2, 0.25) is 0 Å². The molecule has 2 fully saturated rings. The van der Waals surface area contributed by atoms with Crippen LogP contribution in [-0.4, -0.2) is 0 Å². The van der Waals surface area contributed by atoms with Gasteiger partial charge in [-0.2, -0.15) is 0 Å². The minimum Gasteiger partial charge on any atom is -0.311 e. The van der Waals surface area contributed by atoms with Crippen LogP contribution in [0.1, 0.15) is 189 Å². The maximum Gasteiger partial charge on any atom is 0.0462 e. The zero-order chi connectivity index (χ0) is 53.2. The van der Waals surface area contributed by atoms with Crippen LogP contribution in [0.5, 0.6) is 0 Å². The highest BCUT2D eigenvalue weighted by molar-refractivity contribution is 5.80. The fourth-order valence-corrected chi connectivity index (χ4v) is 13.1. The molecule has 0 amide bonds. The van der Waals surface area contributed by atoms with Crippen molar-refractivity contribution in [3.63, 3.8) is 0 Å². The van der Waals surface area contributed by atoms with Gasteiger partial charge in [-0.05, 0) is 180 Å². The zero-order valence-electron chi connectivity index (χ0n) is 47.5. The number of hydrogen-bond acceptors (Lipinski definition) is 2. The van der Waals surface area contributed by atoms with Gasteiger partial charge in [-0.15, -0.1) is 0 Å². The van der Waals surface area contributed by atoms with Gasteiger partial charge in [0.25, 0.3) is 0 Å². The second-order valence-corrected chi connectivity index (χ2v) is 23.2. The van der Waals surface area contributed by atoms with Crippen LogP contribution in [0.2, 0.25) is 0 Å². The van der Waals surface area contributed by atoms with Gasteiger partial charge in [0.15, 0.2) is 0 Å². The van der Waals surface area contributed by atoms with Crippen LogP contribution in [-0.2, 0) is 18.3 Å². The third kappa shape index (κ3) is 13.8. The molecule has 2 aliphatic rings. The maximum atomic E-state index is 2.47. The molecular weight excluding hydrogens is 941 g/mol. The smallest absolute Gasteiger partial charge is 0.0462 e. The number of anilines is 6. The van der Waals surface area contributed by atoms with E-state index in [-0.39, 0.29) is 5.41 Å². The summed E-state index contributed by atoms with van der Waals surface area (Å²) >= 11 is 0. The van der Waals surface area contributed by atoms with Gasteiger partial charge in [-0.1, -0.05) is 244 Å². The molecule has 0 bridgehead atoms. The monoisotopic (exact) mass is 1030 g/mol. The lowest BCUT2D eigenvalue weighted by molar-refractivity contribution is 0.346. The minimum absolute atomic E-state index is 0.0446. The Bertz CT molecular complexity index is 2980. The van der Waals surface area contributed by atoms with E-state index < -0.39 is 0 Å². The molecule has 0 aliphatic heterocycles. The van der Waals surface area contributed by atoms with Crippen molar-refractivity contribution in [1.82, 2.24) is 0 Å². The highest BCUT2D eigenvalue weighted by Gasteiger charge is 2.36. The van der Waals surface area contributed by atoms with E-state index in [1.807, 2.05) is 0 Å². The van der Waals surface area contributed by atoms with Crippen molar-refractivity contribution in [3.8, 4) is 22.3 Å². The molecule has 0 atom stereocenters. The molecule has 402 valence electrons. The number of nitrogens with zero attached hydrogens (tertiary/aromatic N) is 2. The van der Waals surface area contributed by atoms with Crippen LogP contribution < -0.4 is 9.80 Å². The Morgan fingerprint density at radius 1 is 0.321 bits per heavy atom. The second kappa shape index (κ2) is 27.8. The van der Waals surface area contributed by atoms with Gasteiger partial charge in [0, 0.05) is 39.5 Å². The van der Waals surface area contributed by atoms with Gasteiger partial charge in [-0.25, -0.2) is 0 Å². The summed E-state index contributed by atoms with van der Waals surface area (Å²) in [6.07, 6.45) is 31.2. The van der Waals surface area contributed by atoms with Gasteiger partial charge in [0.05, 0.1) is 0 Å². The average molecular weight is 1030 g/mol. The van der Waals surface area contributed by atoms with E-state index in [4.69, 9.17) is 0 Å². The topological polar surface area (TPSA) is 6.48 Å². The predicted molar refractivity (Wildman–Crippen MR) is 337 cm³/mol. The van der Waals surface area contributed by atoms with Crippen molar-refractivity contribution in [1.29, 1.82) is 0 Å². The lowest BCUT2D eigenvalue weighted by Gasteiger charge is -2.39. The quantitative estimate of drug-likeness (QED) is 0.0527. The molecule has 0 radical (unpaired) electrons. The van der Waals surface area contributed by atoms with Crippen LogP contribution in [0.4, 0.5) is 34.1 Å². The number of rotatable bonds is 25.